The minimum atomic E-state index is -1.11. The molecular weight excluding hydrogens is 258 g/mol. The maximum absolute atomic E-state index is 11.2. The Morgan fingerprint density at radius 3 is 2.55 bits per heavy atom. The van der Waals surface area contributed by atoms with Gasteiger partial charge in [-0.2, -0.15) is 0 Å². The van der Waals surface area contributed by atoms with Gasteiger partial charge in [0.15, 0.2) is 0 Å². The molecule has 104 valence electrons. The van der Waals surface area contributed by atoms with Crippen molar-refractivity contribution < 1.29 is 19.4 Å². The van der Waals surface area contributed by atoms with Gasteiger partial charge in [0, 0.05) is 11.3 Å². The van der Waals surface area contributed by atoms with Gasteiger partial charge in [-0.15, -0.1) is 0 Å². The molecule has 0 fully saturated rings. The molecule has 0 amide bonds. The molecule has 0 aliphatic heterocycles. The SMILES string of the molecule is COc1ccccc1COc1cccc(N)c1C(=O)O. The van der Waals surface area contributed by atoms with Crippen LogP contribution in [0.1, 0.15) is 15.9 Å². The Kier molecular flexibility index (Phi) is 4.10. The van der Waals surface area contributed by atoms with Crippen molar-refractivity contribution in [1.29, 1.82) is 0 Å². The molecule has 5 nitrogen and oxygen atoms in total. The van der Waals surface area contributed by atoms with E-state index in [4.69, 9.17) is 20.3 Å². The van der Waals surface area contributed by atoms with E-state index in [9.17, 15) is 4.79 Å². The average molecular weight is 273 g/mol. The number of para-hydroxylation sites is 1. The zero-order valence-corrected chi connectivity index (χ0v) is 11.0. The second-order valence-electron chi connectivity index (χ2n) is 4.13. The van der Waals surface area contributed by atoms with Crippen LogP contribution in [-0.2, 0) is 6.61 Å². The number of hydrogen-bond donors (Lipinski definition) is 2. The zero-order chi connectivity index (χ0) is 14.5. The third-order valence-electron chi connectivity index (χ3n) is 2.85. The number of carboxylic acids is 1. The Morgan fingerprint density at radius 1 is 1.15 bits per heavy atom. The highest BCUT2D eigenvalue weighted by Crippen LogP contribution is 2.26. The van der Waals surface area contributed by atoms with Crippen LogP contribution in [0.5, 0.6) is 11.5 Å². The summed E-state index contributed by atoms with van der Waals surface area (Å²) in [6.07, 6.45) is 0. The van der Waals surface area contributed by atoms with Crippen molar-refractivity contribution in [3.05, 3.63) is 53.6 Å². The normalized spacial score (nSPS) is 10.1. The van der Waals surface area contributed by atoms with E-state index in [1.54, 1.807) is 19.2 Å². The number of carboxylic acid groups (broad SMARTS) is 1. The molecule has 3 N–H and O–H groups in total. The fourth-order valence-corrected chi connectivity index (χ4v) is 1.87. The van der Waals surface area contributed by atoms with Gasteiger partial charge in [-0.1, -0.05) is 24.3 Å². The van der Waals surface area contributed by atoms with Gasteiger partial charge < -0.3 is 20.3 Å². The summed E-state index contributed by atoms with van der Waals surface area (Å²) in [5.41, 5.74) is 6.64. The van der Waals surface area contributed by atoms with Crippen LogP contribution in [0.2, 0.25) is 0 Å². The van der Waals surface area contributed by atoms with Gasteiger partial charge in [-0.3, -0.25) is 0 Å². The third kappa shape index (κ3) is 2.83. The van der Waals surface area contributed by atoms with Crippen molar-refractivity contribution in [2.45, 2.75) is 6.61 Å². The zero-order valence-electron chi connectivity index (χ0n) is 11.0. The summed E-state index contributed by atoms with van der Waals surface area (Å²) < 4.78 is 10.8. The number of aromatic carboxylic acids is 1. The highest BCUT2D eigenvalue weighted by molar-refractivity contribution is 5.96. The average Bonchev–Trinajstić information content (AvgIpc) is 2.45. The lowest BCUT2D eigenvalue weighted by Gasteiger charge is -2.12. The molecule has 0 aliphatic rings. The van der Waals surface area contributed by atoms with Crippen LogP contribution < -0.4 is 15.2 Å². The summed E-state index contributed by atoms with van der Waals surface area (Å²) >= 11 is 0. The van der Waals surface area contributed by atoms with Crippen LogP contribution in [0.4, 0.5) is 5.69 Å². The van der Waals surface area contributed by atoms with E-state index in [1.165, 1.54) is 6.07 Å². The van der Waals surface area contributed by atoms with Gasteiger partial charge >= 0.3 is 5.97 Å². The lowest BCUT2D eigenvalue weighted by Crippen LogP contribution is -2.07. The van der Waals surface area contributed by atoms with Crippen molar-refractivity contribution in [3.8, 4) is 11.5 Å². The number of carbonyl (C=O) groups is 1. The molecule has 2 aromatic rings. The maximum Gasteiger partial charge on any atom is 0.341 e. The van der Waals surface area contributed by atoms with Crippen molar-refractivity contribution in [3.63, 3.8) is 0 Å². The summed E-state index contributed by atoms with van der Waals surface area (Å²) in [5, 5.41) is 9.16. The van der Waals surface area contributed by atoms with Crippen LogP contribution in [0.15, 0.2) is 42.5 Å². The van der Waals surface area contributed by atoms with E-state index >= 15 is 0 Å². The summed E-state index contributed by atoms with van der Waals surface area (Å²) in [7, 11) is 1.57. The summed E-state index contributed by atoms with van der Waals surface area (Å²) in [6, 6.07) is 12.1. The first-order valence-electron chi connectivity index (χ1n) is 6.00. The van der Waals surface area contributed by atoms with Gasteiger partial charge in [0.25, 0.3) is 0 Å². The molecule has 0 bridgehead atoms. The third-order valence-corrected chi connectivity index (χ3v) is 2.85. The molecule has 0 aromatic heterocycles. The topological polar surface area (TPSA) is 81.8 Å². The van der Waals surface area contributed by atoms with E-state index in [2.05, 4.69) is 0 Å². The monoisotopic (exact) mass is 273 g/mol. The van der Waals surface area contributed by atoms with Crippen molar-refractivity contribution in [2.24, 2.45) is 0 Å². The molecule has 0 radical (unpaired) electrons. The lowest BCUT2D eigenvalue weighted by molar-refractivity contribution is 0.0693. The van der Waals surface area contributed by atoms with Crippen molar-refractivity contribution in [2.75, 3.05) is 12.8 Å². The first-order chi connectivity index (χ1) is 9.63. The fourth-order valence-electron chi connectivity index (χ4n) is 1.87. The van der Waals surface area contributed by atoms with E-state index in [1.807, 2.05) is 24.3 Å². The molecule has 0 spiro atoms. The predicted octanol–water partition coefficient (Wildman–Crippen LogP) is 2.55. The second-order valence-corrected chi connectivity index (χ2v) is 4.13. The van der Waals surface area contributed by atoms with Crippen LogP contribution in [0.3, 0.4) is 0 Å². The molecule has 0 heterocycles. The largest absolute Gasteiger partial charge is 0.496 e. The standard InChI is InChI=1S/C15H15NO4/c1-19-12-7-3-2-5-10(12)9-20-13-8-4-6-11(16)14(13)15(17)18/h2-8H,9,16H2,1H3,(H,17,18). The number of ether oxygens (including phenoxy) is 2. The second kappa shape index (κ2) is 5.97. The molecule has 0 aliphatic carbocycles. The first-order valence-corrected chi connectivity index (χ1v) is 6.00. The molecule has 0 unspecified atom stereocenters. The molecule has 20 heavy (non-hydrogen) atoms. The molecular formula is C15H15NO4. The Bertz CT molecular complexity index is 625. The minimum absolute atomic E-state index is 0.0256. The number of hydrogen-bond acceptors (Lipinski definition) is 4. The minimum Gasteiger partial charge on any atom is -0.496 e. The van der Waals surface area contributed by atoms with E-state index in [0.29, 0.717) is 5.75 Å². The number of methoxy groups -OCH3 is 1. The molecule has 5 heteroatoms. The van der Waals surface area contributed by atoms with Gasteiger partial charge in [-0.25, -0.2) is 4.79 Å². The molecule has 2 rings (SSSR count). The highest BCUT2D eigenvalue weighted by atomic mass is 16.5. The summed E-state index contributed by atoms with van der Waals surface area (Å²) in [4.78, 5) is 11.2. The van der Waals surface area contributed by atoms with Crippen LogP contribution >= 0.6 is 0 Å². The van der Waals surface area contributed by atoms with E-state index in [0.717, 1.165) is 5.56 Å². The number of nitrogens with two attached hydrogens (primary N) is 1. The quantitative estimate of drug-likeness (QED) is 0.818. The lowest BCUT2D eigenvalue weighted by atomic mass is 10.1. The molecule has 0 saturated heterocycles. The summed E-state index contributed by atoms with van der Waals surface area (Å²) in [5.74, 6) is -0.185. The van der Waals surface area contributed by atoms with E-state index in [-0.39, 0.29) is 23.6 Å². The Labute approximate surface area is 116 Å². The fraction of sp³-hybridized carbons (Fsp3) is 0.133. The number of rotatable bonds is 5. The van der Waals surface area contributed by atoms with Gasteiger partial charge in [-0.05, 0) is 18.2 Å². The number of benzene rings is 2. The van der Waals surface area contributed by atoms with Gasteiger partial charge in [0.2, 0.25) is 0 Å². The molecule has 2 aromatic carbocycles. The first kappa shape index (κ1) is 13.7. The van der Waals surface area contributed by atoms with Crippen LogP contribution in [0.25, 0.3) is 0 Å². The smallest absolute Gasteiger partial charge is 0.341 e. The summed E-state index contributed by atoms with van der Waals surface area (Å²) in [6.45, 7) is 0.202. The number of nitrogen functional groups attached to an aromatic ring is 1. The Morgan fingerprint density at radius 2 is 1.85 bits per heavy atom. The Hall–Kier alpha value is -2.69. The number of anilines is 1. The van der Waals surface area contributed by atoms with Crippen molar-refractivity contribution in [1.82, 2.24) is 0 Å². The van der Waals surface area contributed by atoms with Gasteiger partial charge in [0.1, 0.15) is 23.7 Å². The van der Waals surface area contributed by atoms with Gasteiger partial charge in [0.05, 0.1) is 7.11 Å². The Balaban J connectivity index is 2.23. The molecule has 0 atom stereocenters. The molecule has 0 saturated carbocycles. The maximum atomic E-state index is 11.2. The van der Waals surface area contributed by atoms with Crippen LogP contribution in [-0.4, -0.2) is 18.2 Å². The predicted molar refractivity (Wildman–Crippen MR) is 75.1 cm³/mol. The highest BCUT2D eigenvalue weighted by Gasteiger charge is 2.15. The van der Waals surface area contributed by atoms with Crippen molar-refractivity contribution >= 4 is 11.7 Å². The van der Waals surface area contributed by atoms with E-state index < -0.39 is 5.97 Å². The van der Waals surface area contributed by atoms with Crippen LogP contribution in [0, 0.1) is 0 Å².